The van der Waals surface area contributed by atoms with Crippen LogP contribution in [0.2, 0.25) is 0 Å². The molecule has 1 fully saturated rings. The number of nitrogens with zero attached hydrogens (tertiary/aromatic N) is 3. The lowest BCUT2D eigenvalue weighted by atomic mass is 9.95. The van der Waals surface area contributed by atoms with Crippen LogP contribution in [0, 0.1) is 17.6 Å². The van der Waals surface area contributed by atoms with E-state index in [9.17, 15) is 18.4 Å². The molecule has 9 heteroatoms. The van der Waals surface area contributed by atoms with Crippen molar-refractivity contribution in [2.24, 2.45) is 5.92 Å². The quantitative estimate of drug-likeness (QED) is 0.566. The number of benzene rings is 2. The number of carbonyl (C=O) groups is 2. The third-order valence-electron chi connectivity index (χ3n) is 6.60. The highest BCUT2D eigenvalue weighted by atomic mass is 32.1. The third kappa shape index (κ3) is 5.41. The summed E-state index contributed by atoms with van der Waals surface area (Å²) in [5.74, 6) is -2.41. The van der Waals surface area contributed by atoms with Crippen LogP contribution in [-0.4, -0.2) is 46.2 Å². The number of likely N-dealkylation sites (tertiary alicyclic amines) is 1. The maximum Gasteiger partial charge on any atom is 0.256 e. The van der Waals surface area contributed by atoms with Crippen molar-refractivity contribution in [3.63, 3.8) is 0 Å². The number of anilines is 1. The number of thiazole rings is 1. The fourth-order valence-electron chi connectivity index (χ4n) is 4.66. The fraction of sp³-hybridized carbons (Fsp3) is 0.346. The van der Waals surface area contributed by atoms with Crippen LogP contribution in [0.5, 0.6) is 0 Å². The number of carbonyl (C=O) groups excluding carboxylic acids is 2. The SMILES string of the molecule is O=C(Nc1nc2c(s1)CN(Cc1ccccc1)CC2)C1CCN(C(=O)c2ccc(F)cc2F)CC1. The topological polar surface area (TPSA) is 65.5 Å². The molecule has 3 heterocycles. The molecule has 35 heavy (non-hydrogen) atoms. The van der Waals surface area contributed by atoms with E-state index in [1.807, 2.05) is 18.2 Å². The van der Waals surface area contributed by atoms with Crippen molar-refractivity contribution in [3.8, 4) is 0 Å². The van der Waals surface area contributed by atoms with Crippen LogP contribution in [0.15, 0.2) is 48.5 Å². The van der Waals surface area contributed by atoms with Crippen molar-refractivity contribution in [2.75, 3.05) is 25.0 Å². The minimum absolute atomic E-state index is 0.0997. The molecule has 1 saturated heterocycles. The van der Waals surface area contributed by atoms with Gasteiger partial charge in [-0.2, -0.15) is 0 Å². The second-order valence-electron chi connectivity index (χ2n) is 9.02. The molecular formula is C26H26F2N4O2S. The molecule has 0 saturated carbocycles. The largest absolute Gasteiger partial charge is 0.339 e. The maximum absolute atomic E-state index is 14.0. The third-order valence-corrected chi connectivity index (χ3v) is 7.60. The second kappa shape index (κ2) is 10.2. The summed E-state index contributed by atoms with van der Waals surface area (Å²) in [6.45, 7) is 3.32. The molecule has 0 spiro atoms. The van der Waals surface area contributed by atoms with E-state index < -0.39 is 17.5 Å². The van der Waals surface area contributed by atoms with Gasteiger partial charge in [0.25, 0.3) is 5.91 Å². The summed E-state index contributed by atoms with van der Waals surface area (Å²) in [6, 6.07) is 13.3. The molecule has 2 aliphatic heterocycles. The predicted octanol–water partition coefficient (Wildman–Crippen LogP) is 4.47. The van der Waals surface area contributed by atoms with E-state index in [1.54, 1.807) is 0 Å². The molecule has 182 valence electrons. The molecule has 2 aromatic carbocycles. The van der Waals surface area contributed by atoms with Crippen LogP contribution in [-0.2, 0) is 24.3 Å². The van der Waals surface area contributed by atoms with Crippen LogP contribution < -0.4 is 5.32 Å². The summed E-state index contributed by atoms with van der Waals surface area (Å²) < 4.78 is 27.1. The highest BCUT2D eigenvalue weighted by molar-refractivity contribution is 7.15. The Balaban J connectivity index is 1.14. The minimum atomic E-state index is -0.870. The van der Waals surface area contributed by atoms with Crippen molar-refractivity contribution < 1.29 is 18.4 Å². The van der Waals surface area contributed by atoms with Crippen LogP contribution in [0.25, 0.3) is 0 Å². The highest BCUT2D eigenvalue weighted by Crippen LogP contribution is 2.30. The molecule has 0 atom stereocenters. The zero-order valence-electron chi connectivity index (χ0n) is 19.2. The van der Waals surface area contributed by atoms with Gasteiger partial charge in [0.05, 0.1) is 11.3 Å². The first-order valence-corrected chi connectivity index (χ1v) is 12.6. The number of fused-ring (bicyclic) bond motifs is 1. The molecule has 3 aromatic rings. The first kappa shape index (κ1) is 23.6. The van der Waals surface area contributed by atoms with Gasteiger partial charge in [0.2, 0.25) is 5.91 Å². The normalized spacial score (nSPS) is 16.7. The van der Waals surface area contributed by atoms with E-state index in [0.29, 0.717) is 37.1 Å². The van der Waals surface area contributed by atoms with Crippen molar-refractivity contribution >= 4 is 28.3 Å². The average Bonchev–Trinajstić information content (AvgIpc) is 3.26. The Morgan fingerprint density at radius 1 is 1.06 bits per heavy atom. The molecule has 1 aromatic heterocycles. The molecule has 1 N–H and O–H groups in total. The summed E-state index contributed by atoms with van der Waals surface area (Å²) in [4.78, 5) is 35.2. The van der Waals surface area contributed by atoms with Gasteiger partial charge in [-0.25, -0.2) is 13.8 Å². The number of piperidine rings is 1. The van der Waals surface area contributed by atoms with E-state index in [-0.39, 0.29) is 17.4 Å². The molecule has 0 radical (unpaired) electrons. The summed E-state index contributed by atoms with van der Waals surface area (Å²) in [6.07, 6.45) is 1.82. The Hall–Kier alpha value is -3.17. The standard InChI is InChI=1S/C26H26F2N4O2S/c27-19-6-7-20(21(28)14-19)25(34)32-12-8-18(9-13-32)24(33)30-26-29-22-10-11-31(16-23(22)35-26)15-17-4-2-1-3-5-17/h1-7,14,18H,8-13,15-16H2,(H,29,30,33). The van der Waals surface area contributed by atoms with Gasteiger partial charge in [-0.15, -0.1) is 11.3 Å². The van der Waals surface area contributed by atoms with E-state index in [1.165, 1.54) is 26.7 Å². The van der Waals surface area contributed by atoms with Crippen molar-refractivity contribution in [2.45, 2.75) is 32.4 Å². The summed E-state index contributed by atoms with van der Waals surface area (Å²) in [7, 11) is 0. The molecule has 2 amide bonds. The average molecular weight is 497 g/mol. The van der Waals surface area contributed by atoms with Crippen LogP contribution in [0.3, 0.4) is 0 Å². The molecular weight excluding hydrogens is 470 g/mol. The van der Waals surface area contributed by atoms with Crippen LogP contribution in [0.1, 0.15) is 39.3 Å². The number of nitrogens with one attached hydrogen (secondary N) is 1. The van der Waals surface area contributed by atoms with Crippen LogP contribution >= 0.6 is 11.3 Å². The highest BCUT2D eigenvalue weighted by Gasteiger charge is 2.30. The second-order valence-corrected chi connectivity index (χ2v) is 10.1. The molecule has 0 aliphatic carbocycles. The molecule has 0 bridgehead atoms. The number of hydrogen-bond donors (Lipinski definition) is 1. The lowest BCUT2D eigenvalue weighted by Crippen LogP contribution is -2.41. The van der Waals surface area contributed by atoms with Gasteiger partial charge >= 0.3 is 0 Å². The van der Waals surface area contributed by atoms with E-state index >= 15 is 0 Å². The lowest BCUT2D eigenvalue weighted by Gasteiger charge is -2.31. The summed E-state index contributed by atoms with van der Waals surface area (Å²) in [5, 5.41) is 3.59. The lowest BCUT2D eigenvalue weighted by molar-refractivity contribution is -0.121. The smallest absolute Gasteiger partial charge is 0.256 e. The first-order chi connectivity index (χ1) is 17.0. The van der Waals surface area contributed by atoms with Gasteiger partial charge in [0, 0.05) is 56.0 Å². The minimum Gasteiger partial charge on any atom is -0.339 e. The van der Waals surface area contributed by atoms with Crippen molar-refractivity contribution in [3.05, 3.63) is 81.9 Å². The Morgan fingerprint density at radius 2 is 1.83 bits per heavy atom. The Labute approximate surface area is 206 Å². The first-order valence-electron chi connectivity index (χ1n) is 11.8. The van der Waals surface area contributed by atoms with Gasteiger partial charge in [-0.1, -0.05) is 30.3 Å². The number of hydrogen-bond acceptors (Lipinski definition) is 5. The predicted molar refractivity (Wildman–Crippen MR) is 130 cm³/mol. The van der Waals surface area contributed by atoms with Gasteiger partial charge in [-0.3, -0.25) is 14.5 Å². The maximum atomic E-state index is 14.0. The van der Waals surface area contributed by atoms with Crippen molar-refractivity contribution in [1.82, 2.24) is 14.8 Å². The van der Waals surface area contributed by atoms with Crippen molar-refractivity contribution in [1.29, 1.82) is 0 Å². The van der Waals surface area contributed by atoms with Gasteiger partial charge in [0.1, 0.15) is 11.6 Å². The van der Waals surface area contributed by atoms with Crippen LogP contribution in [0.4, 0.5) is 13.9 Å². The zero-order valence-corrected chi connectivity index (χ0v) is 20.0. The fourth-order valence-corrected chi connectivity index (χ4v) is 5.72. The summed E-state index contributed by atoms with van der Waals surface area (Å²) in [5.41, 5.74) is 2.18. The Bertz CT molecular complexity index is 1230. The van der Waals surface area contributed by atoms with Gasteiger partial charge < -0.3 is 10.2 Å². The number of halogens is 2. The summed E-state index contributed by atoms with van der Waals surface area (Å²) >= 11 is 1.53. The Morgan fingerprint density at radius 3 is 2.57 bits per heavy atom. The van der Waals surface area contributed by atoms with Gasteiger partial charge in [-0.05, 0) is 30.5 Å². The van der Waals surface area contributed by atoms with E-state index in [0.717, 1.165) is 43.9 Å². The molecule has 0 unspecified atom stereocenters. The van der Waals surface area contributed by atoms with E-state index in [2.05, 4.69) is 27.3 Å². The Kier molecular flexibility index (Phi) is 6.88. The number of rotatable bonds is 5. The number of amides is 2. The van der Waals surface area contributed by atoms with Gasteiger partial charge in [0.15, 0.2) is 5.13 Å². The van der Waals surface area contributed by atoms with E-state index in [4.69, 9.17) is 0 Å². The number of aromatic nitrogens is 1. The molecule has 6 nitrogen and oxygen atoms in total. The zero-order chi connectivity index (χ0) is 24.4. The molecule has 5 rings (SSSR count). The monoisotopic (exact) mass is 496 g/mol. The molecule has 2 aliphatic rings.